The van der Waals surface area contributed by atoms with E-state index in [1.807, 2.05) is 6.07 Å². The fourth-order valence-corrected chi connectivity index (χ4v) is 2.69. The lowest BCUT2D eigenvalue weighted by molar-refractivity contribution is -0.119. The van der Waals surface area contributed by atoms with Crippen LogP contribution in [-0.2, 0) is 4.79 Å². The summed E-state index contributed by atoms with van der Waals surface area (Å²) in [5.41, 5.74) is 1.72. The molecule has 0 aliphatic carbocycles. The van der Waals surface area contributed by atoms with Gasteiger partial charge in [-0.15, -0.1) is 0 Å². The number of carbonyl (C=O) groups excluding carboxylic acids is 1. The van der Waals surface area contributed by atoms with Gasteiger partial charge in [0.1, 0.15) is 5.82 Å². The van der Waals surface area contributed by atoms with E-state index in [0.717, 1.165) is 12.0 Å². The monoisotopic (exact) mass is 249 g/mol. The summed E-state index contributed by atoms with van der Waals surface area (Å²) in [5, 5.41) is 3.04. The van der Waals surface area contributed by atoms with E-state index in [0.29, 0.717) is 17.9 Å². The molecule has 1 N–H and O–H groups in total. The van der Waals surface area contributed by atoms with Gasteiger partial charge < -0.3 is 5.32 Å². The molecule has 0 saturated carbocycles. The lowest BCUT2D eigenvalue weighted by atomic mass is 9.87. The molecule has 0 spiro atoms. The van der Waals surface area contributed by atoms with Gasteiger partial charge in [-0.25, -0.2) is 4.39 Å². The zero-order chi connectivity index (χ0) is 13.3. The molecule has 1 saturated heterocycles. The van der Waals surface area contributed by atoms with Gasteiger partial charge in [0, 0.05) is 18.4 Å². The second-order valence-electron chi connectivity index (χ2n) is 5.62. The summed E-state index contributed by atoms with van der Waals surface area (Å²) in [4.78, 5) is 11.6. The van der Waals surface area contributed by atoms with Gasteiger partial charge in [0.05, 0.1) is 0 Å². The van der Waals surface area contributed by atoms with Gasteiger partial charge >= 0.3 is 0 Å². The lowest BCUT2D eigenvalue weighted by Crippen LogP contribution is -2.29. The van der Waals surface area contributed by atoms with Crippen molar-refractivity contribution in [2.45, 2.75) is 45.6 Å². The van der Waals surface area contributed by atoms with Crippen molar-refractivity contribution in [1.82, 2.24) is 5.32 Å². The number of nitrogens with one attached hydrogen (secondary N) is 1. The molecule has 2 unspecified atom stereocenters. The first-order chi connectivity index (χ1) is 8.47. The molecule has 1 aromatic carbocycles. The number of aryl methyl sites for hydroxylation is 1. The highest BCUT2D eigenvalue weighted by molar-refractivity contribution is 5.80. The van der Waals surface area contributed by atoms with Crippen molar-refractivity contribution in [2.75, 3.05) is 0 Å². The maximum Gasteiger partial charge on any atom is 0.220 e. The number of amides is 1. The van der Waals surface area contributed by atoms with E-state index in [2.05, 4.69) is 19.2 Å². The molecule has 1 aliphatic heterocycles. The molecule has 18 heavy (non-hydrogen) atoms. The third kappa shape index (κ3) is 2.71. The summed E-state index contributed by atoms with van der Waals surface area (Å²) in [6.45, 7) is 6.06. The predicted octanol–water partition coefficient (Wildman–Crippen LogP) is 3.15. The van der Waals surface area contributed by atoms with Crippen LogP contribution in [-0.4, -0.2) is 11.9 Å². The minimum absolute atomic E-state index is 0.104. The molecule has 2 nitrogen and oxygen atoms in total. The van der Waals surface area contributed by atoms with Crippen LogP contribution in [0.25, 0.3) is 0 Å². The second-order valence-corrected chi connectivity index (χ2v) is 5.62. The zero-order valence-corrected chi connectivity index (χ0v) is 11.2. The molecule has 2 atom stereocenters. The maximum atomic E-state index is 13.3. The Bertz CT molecular complexity index is 456. The van der Waals surface area contributed by atoms with Crippen LogP contribution in [0.15, 0.2) is 18.2 Å². The minimum Gasteiger partial charge on any atom is -0.353 e. The lowest BCUT2D eigenvalue weighted by Gasteiger charge is -2.21. The zero-order valence-electron chi connectivity index (χ0n) is 11.2. The molecular weight excluding hydrogens is 229 g/mol. The molecule has 0 aromatic heterocycles. The Balaban J connectivity index is 2.24. The first kappa shape index (κ1) is 13.1. The van der Waals surface area contributed by atoms with Crippen molar-refractivity contribution in [3.63, 3.8) is 0 Å². The largest absolute Gasteiger partial charge is 0.353 e. The van der Waals surface area contributed by atoms with Crippen LogP contribution >= 0.6 is 0 Å². The van der Waals surface area contributed by atoms with Crippen LogP contribution in [0.5, 0.6) is 0 Å². The molecule has 0 bridgehead atoms. The van der Waals surface area contributed by atoms with E-state index < -0.39 is 0 Å². The van der Waals surface area contributed by atoms with E-state index >= 15 is 0 Å². The van der Waals surface area contributed by atoms with Crippen LogP contribution in [0.2, 0.25) is 0 Å². The highest BCUT2D eigenvalue weighted by Gasteiger charge is 2.33. The van der Waals surface area contributed by atoms with Crippen molar-refractivity contribution >= 4 is 5.91 Å². The van der Waals surface area contributed by atoms with Crippen molar-refractivity contribution in [2.24, 2.45) is 5.92 Å². The van der Waals surface area contributed by atoms with Crippen LogP contribution in [0.1, 0.15) is 43.7 Å². The molecule has 98 valence electrons. The van der Waals surface area contributed by atoms with Gasteiger partial charge in [-0.1, -0.05) is 26.0 Å². The van der Waals surface area contributed by atoms with Crippen LogP contribution < -0.4 is 5.32 Å². The van der Waals surface area contributed by atoms with Crippen molar-refractivity contribution in [3.8, 4) is 0 Å². The SMILES string of the molecule is Cc1cc(C2CC(=O)NC2CC(C)C)ccc1F. The molecule has 1 aliphatic rings. The van der Waals surface area contributed by atoms with E-state index in [9.17, 15) is 9.18 Å². The Kier molecular flexibility index (Phi) is 3.69. The van der Waals surface area contributed by atoms with Gasteiger partial charge in [-0.2, -0.15) is 0 Å². The molecule has 1 aromatic rings. The van der Waals surface area contributed by atoms with Gasteiger partial charge in [-0.05, 0) is 36.5 Å². The van der Waals surface area contributed by atoms with E-state index in [1.165, 1.54) is 6.07 Å². The van der Waals surface area contributed by atoms with Gasteiger partial charge in [0.15, 0.2) is 0 Å². The number of hydrogen-bond donors (Lipinski definition) is 1. The Morgan fingerprint density at radius 3 is 2.78 bits per heavy atom. The predicted molar refractivity (Wildman–Crippen MR) is 69.9 cm³/mol. The summed E-state index contributed by atoms with van der Waals surface area (Å²) in [5.74, 6) is 0.640. The molecule has 1 fully saturated rings. The Morgan fingerprint density at radius 1 is 1.44 bits per heavy atom. The average Bonchev–Trinajstić information content (AvgIpc) is 2.62. The van der Waals surface area contributed by atoms with Crippen molar-refractivity contribution in [1.29, 1.82) is 0 Å². The van der Waals surface area contributed by atoms with Gasteiger partial charge in [0.2, 0.25) is 5.91 Å². The Labute approximate surface area is 108 Å². The van der Waals surface area contributed by atoms with Crippen LogP contribution in [0, 0.1) is 18.7 Å². The van der Waals surface area contributed by atoms with E-state index in [-0.39, 0.29) is 23.7 Å². The molecule has 1 amide bonds. The van der Waals surface area contributed by atoms with Gasteiger partial charge in [0.25, 0.3) is 0 Å². The molecule has 3 heteroatoms. The molecule has 1 heterocycles. The summed E-state index contributed by atoms with van der Waals surface area (Å²) in [6.07, 6.45) is 1.48. The fraction of sp³-hybridized carbons (Fsp3) is 0.533. The quantitative estimate of drug-likeness (QED) is 0.876. The Hall–Kier alpha value is -1.38. The number of rotatable bonds is 3. The molecule has 0 radical (unpaired) electrons. The fourth-order valence-electron chi connectivity index (χ4n) is 2.69. The normalized spacial score (nSPS) is 23.5. The first-order valence-electron chi connectivity index (χ1n) is 6.52. The minimum atomic E-state index is -0.184. The standard InChI is InChI=1S/C15H20FNO/c1-9(2)6-14-12(8-15(18)17-14)11-4-5-13(16)10(3)7-11/h4-5,7,9,12,14H,6,8H2,1-3H3,(H,17,18). The third-order valence-corrected chi connectivity index (χ3v) is 3.57. The number of halogens is 1. The van der Waals surface area contributed by atoms with E-state index in [1.54, 1.807) is 13.0 Å². The maximum absolute atomic E-state index is 13.3. The Morgan fingerprint density at radius 2 is 2.17 bits per heavy atom. The van der Waals surface area contributed by atoms with Crippen molar-refractivity contribution in [3.05, 3.63) is 35.1 Å². The number of hydrogen-bond acceptors (Lipinski definition) is 1. The van der Waals surface area contributed by atoms with Crippen molar-refractivity contribution < 1.29 is 9.18 Å². The second kappa shape index (κ2) is 5.09. The number of benzene rings is 1. The summed E-state index contributed by atoms with van der Waals surface area (Å²) in [6, 6.07) is 5.36. The summed E-state index contributed by atoms with van der Waals surface area (Å²) < 4.78 is 13.3. The highest BCUT2D eigenvalue weighted by Crippen LogP contribution is 2.32. The van der Waals surface area contributed by atoms with Gasteiger partial charge in [-0.3, -0.25) is 4.79 Å². The first-order valence-corrected chi connectivity index (χ1v) is 6.52. The molecule has 2 rings (SSSR count). The molecular formula is C15H20FNO. The summed E-state index contributed by atoms with van der Waals surface area (Å²) in [7, 11) is 0. The van der Waals surface area contributed by atoms with E-state index in [4.69, 9.17) is 0 Å². The third-order valence-electron chi connectivity index (χ3n) is 3.57. The average molecular weight is 249 g/mol. The smallest absolute Gasteiger partial charge is 0.220 e. The van der Waals surface area contributed by atoms with Crippen LogP contribution in [0.3, 0.4) is 0 Å². The highest BCUT2D eigenvalue weighted by atomic mass is 19.1. The summed E-state index contributed by atoms with van der Waals surface area (Å²) >= 11 is 0. The van der Waals surface area contributed by atoms with Crippen LogP contribution in [0.4, 0.5) is 4.39 Å². The number of carbonyl (C=O) groups is 1. The topological polar surface area (TPSA) is 29.1 Å².